The van der Waals surface area contributed by atoms with Gasteiger partial charge in [0, 0.05) is 24.2 Å². The Morgan fingerprint density at radius 1 is 0.964 bits per heavy atom. The summed E-state index contributed by atoms with van der Waals surface area (Å²) >= 11 is 0. The number of hydrogen-bond donors (Lipinski definition) is 0. The first-order chi connectivity index (χ1) is 13.3. The molecule has 2 nitrogen and oxygen atoms in total. The van der Waals surface area contributed by atoms with Crippen molar-refractivity contribution in [2.24, 2.45) is 17.8 Å². The molecule has 0 unspecified atom stereocenters. The quantitative estimate of drug-likeness (QED) is 0.434. The minimum atomic E-state index is -3.11. The zero-order valence-corrected chi connectivity index (χ0v) is 16.0. The van der Waals surface area contributed by atoms with E-state index in [9.17, 15) is 22.0 Å². The van der Waals surface area contributed by atoms with Crippen molar-refractivity contribution < 1.29 is 31.4 Å². The molecule has 1 saturated heterocycles. The largest absolute Gasteiger partial charge is 0.352 e. The van der Waals surface area contributed by atoms with Gasteiger partial charge < -0.3 is 9.47 Å². The van der Waals surface area contributed by atoms with Crippen LogP contribution in [0.25, 0.3) is 0 Å². The van der Waals surface area contributed by atoms with Crippen LogP contribution in [0.3, 0.4) is 0 Å². The zero-order chi connectivity index (χ0) is 20.3. The normalized spacial score (nSPS) is 29.1. The molecule has 1 aromatic carbocycles. The van der Waals surface area contributed by atoms with Gasteiger partial charge in [0.25, 0.3) is 5.92 Å². The molecule has 1 aliphatic carbocycles. The van der Waals surface area contributed by atoms with Crippen molar-refractivity contribution in [3.63, 3.8) is 0 Å². The maximum atomic E-state index is 14.7. The minimum Gasteiger partial charge on any atom is -0.352 e. The van der Waals surface area contributed by atoms with Gasteiger partial charge in [-0.3, -0.25) is 0 Å². The predicted octanol–water partition coefficient (Wildman–Crippen LogP) is 5.88. The van der Waals surface area contributed by atoms with Crippen LogP contribution in [0.15, 0.2) is 12.1 Å². The van der Waals surface area contributed by atoms with E-state index in [4.69, 9.17) is 9.47 Å². The number of rotatable bonds is 6. The van der Waals surface area contributed by atoms with Crippen molar-refractivity contribution in [3.05, 3.63) is 35.1 Å². The van der Waals surface area contributed by atoms with Gasteiger partial charge in [0.1, 0.15) is 0 Å². The van der Waals surface area contributed by atoms with Gasteiger partial charge in [-0.1, -0.05) is 13.3 Å². The highest BCUT2D eigenvalue weighted by Gasteiger charge is 2.43. The lowest BCUT2D eigenvalue weighted by Gasteiger charge is -2.39. The van der Waals surface area contributed by atoms with Crippen LogP contribution >= 0.6 is 0 Å². The Labute approximate surface area is 162 Å². The summed E-state index contributed by atoms with van der Waals surface area (Å²) in [6.45, 7) is 3.41. The van der Waals surface area contributed by atoms with Crippen LogP contribution < -0.4 is 0 Å². The van der Waals surface area contributed by atoms with E-state index in [0.717, 1.165) is 12.8 Å². The van der Waals surface area contributed by atoms with Crippen LogP contribution in [0, 0.1) is 35.2 Å². The third kappa shape index (κ3) is 5.03. The standard InChI is InChI=1S/C21H27F5O2/c1-2-3-13-11-27-20(28-12-13)15-4-6-16(7-5-15)21(25,26)10-14-8-17(22)19(24)18(23)9-14/h8-9,13,15-16,20H,2-7,10-12H2,1H3. The van der Waals surface area contributed by atoms with E-state index in [1.54, 1.807) is 0 Å². The predicted molar refractivity (Wildman–Crippen MR) is 94.5 cm³/mol. The first kappa shape index (κ1) is 21.5. The number of ether oxygens (including phenoxy) is 2. The lowest BCUT2D eigenvalue weighted by Crippen LogP contribution is -2.41. The smallest absolute Gasteiger partial charge is 0.254 e. The van der Waals surface area contributed by atoms with Crippen LogP contribution in [0.1, 0.15) is 51.0 Å². The Balaban J connectivity index is 1.52. The van der Waals surface area contributed by atoms with E-state index in [0.29, 0.717) is 56.9 Å². The van der Waals surface area contributed by atoms with Crippen LogP contribution in [0.2, 0.25) is 0 Å². The first-order valence-corrected chi connectivity index (χ1v) is 10.0. The molecule has 0 atom stereocenters. The second kappa shape index (κ2) is 9.08. The highest BCUT2D eigenvalue weighted by molar-refractivity contribution is 5.21. The minimum absolute atomic E-state index is 0.0929. The van der Waals surface area contributed by atoms with Gasteiger partial charge in [0.05, 0.1) is 13.2 Å². The van der Waals surface area contributed by atoms with Gasteiger partial charge in [-0.25, -0.2) is 22.0 Å². The molecule has 3 rings (SSSR count). The Morgan fingerprint density at radius 2 is 1.54 bits per heavy atom. The summed E-state index contributed by atoms with van der Waals surface area (Å²) in [5, 5.41) is 0. The topological polar surface area (TPSA) is 18.5 Å². The lowest BCUT2D eigenvalue weighted by atomic mass is 9.77. The third-order valence-corrected chi connectivity index (χ3v) is 5.93. The van der Waals surface area contributed by atoms with E-state index < -0.39 is 35.7 Å². The van der Waals surface area contributed by atoms with Crippen molar-refractivity contribution in [1.82, 2.24) is 0 Å². The monoisotopic (exact) mass is 406 g/mol. The molecule has 1 aliphatic heterocycles. The molecule has 0 spiro atoms. The molecular formula is C21H27F5O2. The molecule has 0 bridgehead atoms. The summed E-state index contributed by atoms with van der Waals surface area (Å²) in [5.41, 5.74) is -0.232. The van der Waals surface area contributed by atoms with Crippen molar-refractivity contribution in [2.45, 2.75) is 64.1 Å². The van der Waals surface area contributed by atoms with E-state index in [2.05, 4.69) is 6.92 Å². The van der Waals surface area contributed by atoms with Gasteiger partial charge >= 0.3 is 0 Å². The second-order valence-electron chi connectivity index (χ2n) is 8.11. The Hall–Kier alpha value is -1.21. The van der Waals surface area contributed by atoms with Crippen molar-refractivity contribution in [2.75, 3.05) is 13.2 Å². The fourth-order valence-corrected chi connectivity index (χ4v) is 4.35. The van der Waals surface area contributed by atoms with E-state index in [1.165, 1.54) is 0 Å². The van der Waals surface area contributed by atoms with Gasteiger partial charge in [-0.05, 0) is 49.8 Å². The molecule has 1 saturated carbocycles. The van der Waals surface area contributed by atoms with Gasteiger partial charge in [-0.2, -0.15) is 0 Å². The van der Waals surface area contributed by atoms with Crippen molar-refractivity contribution in [1.29, 1.82) is 0 Å². The molecule has 2 aliphatic rings. The van der Waals surface area contributed by atoms with Gasteiger partial charge in [-0.15, -0.1) is 0 Å². The zero-order valence-electron chi connectivity index (χ0n) is 16.0. The Kier molecular flexibility index (Phi) is 6.97. The number of halogens is 5. The molecule has 2 fully saturated rings. The molecule has 0 amide bonds. The molecule has 158 valence electrons. The molecule has 1 heterocycles. The van der Waals surface area contributed by atoms with Crippen molar-refractivity contribution >= 4 is 0 Å². The van der Waals surface area contributed by atoms with Crippen LogP contribution in [-0.2, 0) is 15.9 Å². The maximum Gasteiger partial charge on any atom is 0.254 e. The van der Waals surface area contributed by atoms with E-state index in [1.807, 2.05) is 0 Å². The fourth-order valence-electron chi connectivity index (χ4n) is 4.35. The SMILES string of the molecule is CCCC1COC(C2CCC(C(F)(F)Cc3cc(F)c(F)c(F)c3)CC2)OC1. The summed E-state index contributed by atoms with van der Waals surface area (Å²) in [6.07, 6.45) is 2.72. The maximum absolute atomic E-state index is 14.7. The molecule has 0 N–H and O–H groups in total. The van der Waals surface area contributed by atoms with Gasteiger partial charge in [0.2, 0.25) is 0 Å². The summed E-state index contributed by atoms with van der Waals surface area (Å²) in [4.78, 5) is 0. The number of benzene rings is 1. The highest BCUT2D eigenvalue weighted by Crippen LogP contribution is 2.42. The average Bonchev–Trinajstić information content (AvgIpc) is 2.67. The van der Waals surface area contributed by atoms with Crippen molar-refractivity contribution in [3.8, 4) is 0 Å². The molecule has 1 aromatic rings. The van der Waals surface area contributed by atoms with Gasteiger partial charge in [0.15, 0.2) is 23.7 Å². The van der Waals surface area contributed by atoms with Crippen LogP contribution in [-0.4, -0.2) is 25.4 Å². The summed E-state index contributed by atoms with van der Waals surface area (Å²) < 4.78 is 80.6. The summed E-state index contributed by atoms with van der Waals surface area (Å²) in [7, 11) is 0. The molecule has 7 heteroatoms. The summed E-state index contributed by atoms with van der Waals surface area (Å²) in [5.74, 6) is -8.02. The summed E-state index contributed by atoms with van der Waals surface area (Å²) in [6, 6.07) is 1.29. The first-order valence-electron chi connectivity index (χ1n) is 10.0. The van der Waals surface area contributed by atoms with Crippen LogP contribution in [0.4, 0.5) is 22.0 Å². The lowest BCUT2D eigenvalue weighted by molar-refractivity contribution is -0.232. The molecule has 0 radical (unpaired) electrons. The third-order valence-electron chi connectivity index (χ3n) is 5.93. The average molecular weight is 406 g/mol. The number of alkyl halides is 2. The molecular weight excluding hydrogens is 379 g/mol. The second-order valence-corrected chi connectivity index (χ2v) is 8.11. The fraction of sp³-hybridized carbons (Fsp3) is 0.714. The van der Waals surface area contributed by atoms with Crippen LogP contribution in [0.5, 0.6) is 0 Å². The molecule has 0 aromatic heterocycles. The Bertz CT molecular complexity index is 627. The number of hydrogen-bond acceptors (Lipinski definition) is 2. The van der Waals surface area contributed by atoms with E-state index >= 15 is 0 Å². The molecule has 28 heavy (non-hydrogen) atoms. The Morgan fingerprint density at radius 3 is 2.07 bits per heavy atom. The highest BCUT2D eigenvalue weighted by atomic mass is 19.3. The van der Waals surface area contributed by atoms with E-state index in [-0.39, 0.29) is 17.8 Å².